The summed E-state index contributed by atoms with van der Waals surface area (Å²) in [5, 5.41) is 7.33. The van der Waals surface area contributed by atoms with Crippen LogP contribution in [-0.2, 0) is 6.54 Å². The molecule has 0 amide bonds. The first kappa shape index (κ1) is 14.9. The lowest BCUT2D eigenvalue weighted by atomic mass is 10.2. The molecule has 4 nitrogen and oxygen atoms in total. The van der Waals surface area contributed by atoms with Crippen LogP contribution in [-0.4, -0.2) is 25.4 Å². The van der Waals surface area contributed by atoms with E-state index in [1.165, 1.54) is 25.7 Å². The highest BCUT2D eigenvalue weighted by Crippen LogP contribution is 2.27. The van der Waals surface area contributed by atoms with Crippen LogP contribution in [0.1, 0.15) is 31.2 Å². The van der Waals surface area contributed by atoms with E-state index >= 15 is 0 Å². The second-order valence-corrected chi connectivity index (χ2v) is 5.41. The minimum Gasteiger partial charge on any atom is -0.493 e. The van der Waals surface area contributed by atoms with Gasteiger partial charge in [0.2, 0.25) is 0 Å². The molecule has 1 aromatic carbocycles. The second kappa shape index (κ2) is 7.33. The van der Waals surface area contributed by atoms with Crippen molar-refractivity contribution in [2.75, 3.05) is 14.2 Å². The van der Waals surface area contributed by atoms with Crippen molar-refractivity contribution in [1.82, 2.24) is 10.6 Å². The third-order valence-electron chi connectivity index (χ3n) is 3.59. The van der Waals surface area contributed by atoms with Gasteiger partial charge >= 0.3 is 0 Å². The molecule has 0 spiro atoms. The van der Waals surface area contributed by atoms with Crippen LogP contribution < -0.4 is 20.1 Å². The Kier molecular flexibility index (Phi) is 5.47. The molecule has 1 saturated carbocycles. The molecule has 0 saturated heterocycles. The SMILES string of the molecule is COc1ccc(CNC(=S)NC2CCCC2)cc1OC. The first-order valence-corrected chi connectivity index (χ1v) is 7.39. The summed E-state index contributed by atoms with van der Waals surface area (Å²) >= 11 is 5.32. The van der Waals surface area contributed by atoms with Crippen LogP contribution in [0.3, 0.4) is 0 Å². The van der Waals surface area contributed by atoms with E-state index in [1.54, 1.807) is 14.2 Å². The zero-order valence-corrected chi connectivity index (χ0v) is 12.9. The maximum Gasteiger partial charge on any atom is 0.166 e. The molecule has 0 aromatic heterocycles. The van der Waals surface area contributed by atoms with Crippen LogP contribution in [0, 0.1) is 0 Å². The van der Waals surface area contributed by atoms with Gasteiger partial charge in [-0.25, -0.2) is 0 Å². The summed E-state index contributed by atoms with van der Waals surface area (Å²) < 4.78 is 10.5. The fourth-order valence-corrected chi connectivity index (χ4v) is 2.72. The molecule has 0 atom stereocenters. The van der Waals surface area contributed by atoms with Crippen LogP contribution in [0.5, 0.6) is 11.5 Å². The van der Waals surface area contributed by atoms with Gasteiger partial charge < -0.3 is 20.1 Å². The first-order chi connectivity index (χ1) is 9.72. The quantitative estimate of drug-likeness (QED) is 0.817. The Bertz CT molecular complexity index is 459. The summed E-state index contributed by atoms with van der Waals surface area (Å²) in [6, 6.07) is 6.42. The average Bonchev–Trinajstić information content (AvgIpc) is 2.97. The molecule has 2 rings (SSSR count). The van der Waals surface area contributed by atoms with E-state index in [2.05, 4.69) is 10.6 Å². The molecule has 110 valence electrons. The summed E-state index contributed by atoms with van der Waals surface area (Å²) in [7, 11) is 3.28. The topological polar surface area (TPSA) is 42.5 Å². The third-order valence-corrected chi connectivity index (χ3v) is 3.85. The van der Waals surface area contributed by atoms with Crippen LogP contribution in [0.4, 0.5) is 0 Å². The molecule has 1 aliphatic carbocycles. The van der Waals surface area contributed by atoms with Gasteiger partial charge in [0.1, 0.15) is 0 Å². The Hall–Kier alpha value is -1.49. The number of hydrogen-bond donors (Lipinski definition) is 2. The first-order valence-electron chi connectivity index (χ1n) is 6.98. The lowest BCUT2D eigenvalue weighted by Gasteiger charge is -2.16. The number of rotatable bonds is 5. The van der Waals surface area contributed by atoms with Crippen LogP contribution in [0.25, 0.3) is 0 Å². The van der Waals surface area contributed by atoms with Crippen molar-refractivity contribution in [1.29, 1.82) is 0 Å². The maximum atomic E-state index is 5.32. The molecule has 1 fully saturated rings. The molecule has 0 unspecified atom stereocenters. The largest absolute Gasteiger partial charge is 0.493 e. The summed E-state index contributed by atoms with van der Waals surface area (Å²) in [5.74, 6) is 1.48. The van der Waals surface area contributed by atoms with E-state index in [0.717, 1.165) is 22.2 Å². The lowest BCUT2D eigenvalue weighted by Crippen LogP contribution is -2.40. The number of thiocarbonyl (C=S) groups is 1. The fourth-order valence-electron chi connectivity index (χ4n) is 2.48. The Morgan fingerprint density at radius 2 is 1.90 bits per heavy atom. The van der Waals surface area contributed by atoms with Crippen LogP contribution in [0.15, 0.2) is 18.2 Å². The highest BCUT2D eigenvalue weighted by Gasteiger charge is 2.15. The Morgan fingerprint density at radius 3 is 2.55 bits per heavy atom. The van der Waals surface area contributed by atoms with Gasteiger partial charge in [-0.3, -0.25) is 0 Å². The second-order valence-electron chi connectivity index (χ2n) is 5.00. The van der Waals surface area contributed by atoms with Crippen molar-refractivity contribution in [2.45, 2.75) is 38.3 Å². The summed E-state index contributed by atoms with van der Waals surface area (Å²) in [6.45, 7) is 0.679. The van der Waals surface area contributed by atoms with Crippen LogP contribution >= 0.6 is 12.2 Å². The molecule has 0 heterocycles. The standard InChI is InChI=1S/C15H22N2O2S/c1-18-13-8-7-11(9-14(13)19-2)10-16-15(20)17-12-5-3-4-6-12/h7-9,12H,3-6,10H2,1-2H3,(H2,16,17,20). The molecule has 0 radical (unpaired) electrons. The van der Waals surface area contributed by atoms with E-state index in [0.29, 0.717) is 12.6 Å². The van der Waals surface area contributed by atoms with Gasteiger partial charge in [0.25, 0.3) is 0 Å². The van der Waals surface area contributed by atoms with E-state index in [-0.39, 0.29) is 0 Å². The van der Waals surface area contributed by atoms with Gasteiger partial charge in [0.05, 0.1) is 14.2 Å². The molecule has 2 N–H and O–H groups in total. The highest BCUT2D eigenvalue weighted by atomic mass is 32.1. The zero-order chi connectivity index (χ0) is 14.4. The number of benzene rings is 1. The van der Waals surface area contributed by atoms with Gasteiger partial charge in [-0.15, -0.1) is 0 Å². The molecule has 20 heavy (non-hydrogen) atoms. The maximum absolute atomic E-state index is 5.32. The van der Waals surface area contributed by atoms with Crippen LogP contribution in [0.2, 0.25) is 0 Å². The van der Waals surface area contributed by atoms with E-state index < -0.39 is 0 Å². The smallest absolute Gasteiger partial charge is 0.166 e. The molecule has 5 heteroatoms. The fraction of sp³-hybridized carbons (Fsp3) is 0.533. The van der Waals surface area contributed by atoms with Gasteiger partial charge in [0.15, 0.2) is 16.6 Å². The minimum atomic E-state index is 0.542. The van der Waals surface area contributed by atoms with Crippen molar-refractivity contribution >= 4 is 17.3 Å². The number of methoxy groups -OCH3 is 2. The Labute approximate surface area is 125 Å². The Balaban J connectivity index is 1.85. The van der Waals surface area contributed by atoms with E-state index in [4.69, 9.17) is 21.7 Å². The normalized spacial score (nSPS) is 14.9. The summed E-state index contributed by atoms with van der Waals surface area (Å²) in [4.78, 5) is 0. The molecular formula is C15H22N2O2S. The number of hydrogen-bond acceptors (Lipinski definition) is 3. The van der Waals surface area contributed by atoms with Crippen molar-refractivity contribution < 1.29 is 9.47 Å². The number of ether oxygens (including phenoxy) is 2. The predicted molar refractivity (Wildman–Crippen MR) is 84.4 cm³/mol. The van der Waals surface area contributed by atoms with Gasteiger partial charge in [-0.1, -0.05) is 18.9 Å². The molecule has 1 aliphatic rings. The van der Waals surface area contributed by atoms with Crippen molar-refractivity contribution in [3.63, 3.8) is 0 Å². The summed E-state index contributed by atoms with van der Waals surface area (Å²) in [5.41, 5.74) is 1.11. The van der Waals surface area contributed by atoms with Crippen molar-refractivity contribution in [3.05, 3.63) is 23.8 Å². The summed E-state index contributed by atoms with van der Waals surface area (Å²) in [6.07, 6.45) is 5.04. The van der Waals surface area contributed by atoms with E-state index in [9.17, 15) is 0 Å². The lowest BCUT2D eigenvalue weighted by molar-refractivity contribution is 0.354. The average molecular weight is 294 g/mol. The van der Waals surface area contributed by atoms with Crippen molar-refractivity contribution in [3.8, 4) is 11.5 Å². The van der Waals surface area contributed by atoms with Gasteiger partial charge in [0, 0.05) is 12.6 Å². The highest BCUT2D eigenvalue weighted by molar-refractivity contribution is 7.80. The zero-order valence-electron chi connectivity index (χ0n) is 12.1. The molecule has 0 aliphatic heterocycles. The van der Waals surface area contributed by atoms with Gasteiger partial charge in [-0.2, -0.15) is 0 Å². The van der Waals surface area contributed by atoms with E-state index in [1.807, 2.05) is 18.2 Å². The van der Waals surface area contributed by atoms with Gasteiger partial charge in [-0.05, 0) is 42.8 Å². The number of nitrogens with one attached hydrogen (secondary N) is 2. The molecule has 0 bridgehead atoms. The third kappa shape index (κ3) is 4.00. The molecular weight excluding hydrogens is 272 g/mol. The monoisotopic (exact) mass is 294 g/mol. The molecule has 1 aromatic rings. The predicted octanol–water partition coefficient (Wildman–Crippen LogP) is 2.61. The van der Waals surface area contributed by atoms with Crippen molar-refractivity contribution in [2.24, 2.45) is 0 Å². The Morgan fingerprint density at radius 1 is 1.20 bits per heavy atom. The minimum absolute atomic E-state index is 0.542.